The number of ether oxygens (including phenoxy) is 2. The largest absolute Gasteiger partial charge is 0.477 e. The predicted octanol–water partition coefficient (Wildman–Crippen LogP) is 2.53. The van der Waals surface area contributed by atoms with Crippen molar-refractivity contribution in [3.8, 4) is 0 Å². The van der Waals surface area contributed by atoms with Crippen molar-refractivity contribution in [3.05, 3.63) is 21.9 Å². The molecule has 1 N–H and O–H groups in total. The van der Waals surface area contributed by atoms with E-state index in [1.807, 2.05) is 6.07 Å². The first-order valence-corrected chi connectivity index (χ1v) is 6.62. The first-order chi connectivity index (χ1) is 8.25. The molecule has 1 aromatic heterocycles. The SMILES string of the molecule is O=C(O)c1ccc(CCCC2OCCCO2)s1. The molecule has 4 nitrogen and oxygen atoms in total. The average molecular weight is 256 g/mol. The van der Waals surface area contributed by atoms with E-state index in [4.69, 9.17) is 14.6 Å². The maximum Gasteiger partial charge on any atom is 0.345 e. The summed E-state index contributed by atoms with van der Waals surface area (Å²) in [7, 11) is 0. The molecule has 0 atom stereocenters. The summed E-state index contributed by atoms with van der Waals surface area (Å²) in [6.45, 7) is 1.57. The van der Waals surface area contributed by atoms with Gasteiger partial charge in [-0.15, -0.1) is 11.3 Å². The van der Waals surface area contributed by atoms with Crippen molar-refractivity contribution in [1.29, 1.82) is 0 Å². The van der Waals surface area contributed by atoms with Gasteiger partial charge >= 0.3 is 5.97 Å². The Kier molecular flexibility index (Phi) is 4.53. The fourth-order valence-corrected chi connectivity index (χ4v) is 2.66. The van der Waals surface area contributed by atoms with Crippen molar-refractivity contribution < 1.29 is 19.4 Å². The highest BCUT2D eigenvalue weighted by Crippen LogP contribution is 2.20. The lowest BCUT2D eigenvalue weighted by Crippen LogP contribution is -2.24. The Bertz CT molecular complexity index is 368. The number of carboxylic acids is 1. The van der Waals surface area contributed by atoms with Crippen molar-refractivity contribution >= 4 is 17.3 Å². The molecule has 2 heterocycles. The molecular weight excluding hydrogens is 240 g/mol. The van der Waals surface area contributed by atoms with Crippen LogP contribution < -0.4 is 0 Å². The second kappa shape index (κ2) is 6.14. The lowest BCUT2D eigenvalue weighted by molar-refractivity contribution is -0.181. The molecule has 1 aliphatic heterocycles. The quantitative estimate of drug-likeness (QED) is 0.879. The summed E-state index contributed by atoms with van der Waals surface area (Å²) in [5.74, 6) is -0.847. The summed E-state index contributed by atoms with van der Waals surface area (Å²) < 4.78 is 10.9. The predicted molar refractivity (Wildman–Crippen MR) is 64.5 cm³/mol. The van der Waals surface area contributed by atoms with E-state index in [0.717, 1.165) is 43.8 Å². The zero-order valence-corrected chi connectivity index (χ0v) is 10.4. The van der Waals surface area contributed by atoms with Gasteiger partial charge in [-0.05, 0) is 37.8 Å². The molecule has 0 bridgehead atoms. The minimum Gasteiger partial charge on any atom is -0.477 e. The maximum absolute atomic E-state index is 10.7. The van der Waals surface area contributed by atoms with E-state index in [1.165, 1.54) is 11.3 Å². The molecule has 2 rings (SSSR count). The smallest absolute Gasteiger partial charge is 0.345 e. The van der Waals surface area contributed by atoms with Gasteiger partial charge in [0.05, 0.1) is 13.2 Å². The Morgan fingerprint density at radius 1 is 1.41 bits per heavy atom. The van der Waals surface area contributed by atoms with E-state index >= 15 is 0 Å². The summed E-state index contributed by atoms with van der Waals surface area (Å²) in [6, 6.07) is 3.55. The average Bonchev–Trinajstić information content (AvgIpc) is 2.79. The molecule has 0 aliphatic carbocycles. The molecule has 1 saturated heterocycles. The molecule has 1 aliphatic rings. The number of hydrogen-bond donors (Lipinski definition) is 1. The van der Waals surface area contributed by atoms with Crippen molar-refractivity contribution in [2.24, 2.45) is 0 Å². The lowest BCUT2D eigenvalue weighted by atomic mass is 10.2. The minimum absolute atomic E-state index is 0.0670. The van der Waals surface area contributed by atoms with Crippen LogP contribution in [-0.2, 0) is 15.9 Å². The molecule has 0 amide bonds. The Labute approximate surface area is 104 Å². The van der Waals surface area contributed by atoms with Gasteiger partial charge in [0.25, 0.3) is 0 Å². The summed E-state index contributed by atoms with van der Waals surface area (Å²) in [5, 5.41) is 8.80. The Morgan fingerprint density at radius 2 is 2.18 bits per heavy atom. The topological polar surface area (TPSA) is 55.8 Å². The lowest BCUT2D eigenvalue weighted by Gasteiger charge is -2.22. The fourth-order valence-electron chi connectivity index (χ4n) is 1.77. The molecule has 0 saturated carbocycles. The number of carboxylic acid groups (broad SMARTS) is 1. The van der Waals surface area contributed by atoms with Gasteiger partial charge in [0.2, 0.25) is 0 Å². The van der Waals surface area contributed by atoms with Gasteiger partial charge in [-0.1, -0.05) is 0 Å². The van der Waals surface area contributed by atoms with Gasteiger partial charge in [0.1, 0.15) is 4.88 Å². The molecular formula is C12H16O4S. The van der Waals surface area contributed by atoms with Gasteiger partial charge in [0.15, 0.2) is 6.29 Å². The number of aryl methyl sites for hydroxylation is 1. The van der Waals surface area contributed by atoms with E-state index in [1.54, 1.807) is 6.07 Å². The summed E-state index contributed by atoms with van der Waals surface area (Å²) in [6.07, 6.45) is 3.64. The van der Waals surface area contributed by atoms with Crippen LogP contribution in [0.15, 0.2) is 12.1 Å². The first kappa shape index (κ1) is 12.5. The summed E-state index contributed by atoms with van der Waals surface area (Å²) >= 11 is 1.35. The molecule has 0 spiro atoms. The molecule has 0 unspecified atom stereocenters. The fraction of sp³-hybridized carbons (Fsp3) is 0.583. The van der Waals surface area contributed by atoms with Crippen LogP contribution in [0.1, 0.15) is 33.8 Å². The van der Waals surface area contributed by atoms with Gasteiger partial charge in [0, 0.05) is 4.88 Å². The van der Waals surface area contributed by atoms with E-state index in [2.05, 4.69) is 0 Å². The monoisotopic (exact) mass is 256 g/mol. The molecule has 17 heavy (non-hydrogen) atoms. The maximum atomic E-state index is 10.7. The third kappa shape index (κ3) is 3.80. The Balaban J connectivity index is 1.71. The molecule has 1 fully saturated rings. The third-order valence-electron chi connectivity index (χ3n) is 2.63. The Hall–Kier alpha value is -0.910. The van der Waals surface area contributed by atoms with Crippen LogP contribution in [-0.4, -0.2) is 30.6 Å². The number of rotatable bonds is 5. The molecule has 5 heteroatoms. The third-order valence-corrected chi connectivity index (χ3v) is 3.76. The highest BCUT2D eigenvalue weighted by atomic mass is 32.1. The zero-order chi connectivity index (χ0) is 12.1. The van der Waals surface area contributed by atoms with Crippen molar-refractivity contribution in [3.63, 3.8) is 0 Å². The van der Waals surface area contributed by atoms with E-state index < -0.39 is 5.97 Å². The van der Waals surface area contributed by atoms with Crippen LogP contribution in [0.4, 0.5) is 0 Å². The summed E-state index contributed by atoms with van der Waals surface area (Å²) in [4.78, 5) is 12.2. The van der Waals surface area contributed by atoms with Gasteiger partial charge in [-0.3, -0.25) is 0 Å². The zero-order valence-electron chi connectivity index (χ0n) is 9.55. The van der Waals surface area contributed by atoms with Crippen LogP contribution in [0.25, 0.3) is 0 Å². The van der Waals surface area contributed by atoms with Gasteiger partial charge < -0.3 is 14.6 Å². The van der Waals surface area contributed by atoms with E-state index in [0.29, 0.717) is 4.88 Å². The van der Waals surface area contributed by atoms with Crippen LogP contribution in [0.5, 0.6) is 0 Å². The highest BCUT2D eigenvalue weighted by Gasteiger charge is 2.14. The standard InChI is InChI=1S/C12H16O4S/c13-12(14)10-6-5-9(17-10)3-1-4-11-15-7-2-8-16-11/h5-6,11H,1-4,7-8H2,(H,13,14). The molecule has 1 aromatic rings. The van der Waals surface area contributed by atoms with Crippen molar-refractivity contribution in [1.82, 2.24) is 0 Å². The summed E-state index contributed by atoms with van der Waals surface area (Å²) in [5.41, 5.74) is 0. The van der Waals surface area contributed by atoms with Crippen molar-refractivity contribution in [2.45, 2.75) is 32.0 Å². The van der Waals surface area contributed by atoms with Crippen LogP contribution >= 0.6 is 11.3 Å². The van der Waals surface area contributed by atoms with Crippen LogP contribution in [0.3, 0.4) is 0 Å². The van der Waals surface area contributed by atoms with E-state index in [9.17, 15) is 4.79 Å². The highest BCUT2D eigenvalue weighted by molar-refractivity contribution is 7.13. The first-order valence-electron chi connectivity index (χ1n) is 5.81. The molecule has 0 radical (unpaired) electrons. The number of hydrogen-bond acceptors (Lipinski definition) is 4. The van der Waals surface area contributed by atoms with Crippen LogP contribution in [0, 0.1) is 0 Å². The van der Waals surface area contributed by atoms with E-state index in [-0.39, 0.29) is 6.29 Å². The van der Waals surface area contributed by atoms with Gasteiger partial charge in [-0.2, -0.15) is 0 Å². The minimum atomic E-state index is -0.847. The number of thiophene rings is 1. The number of carbonyl (C=O) groups is 1. The Morgan fingerprint density at radius 3 is 2.82 bits per heavy atom. The molecule has 94 valence electrons. The molecule has 0 aromatic carbocycles. The second-order valence-electron chi connectivity index (χ2n) is 3.99. The normalized spacial score (nSPS) is 17.2. The van der Waals surface area contributed by atoms with Crippen molar-refractivity contribution in [2.75, 3.05) is 13.2 Å². The second-order valence-corrected chi connectivity index (χ2v) is 5.16. The van der Waals surface area contributed by atoms with Crippen LogP contribution in [0.2, 0.25) is 0 Å². The van der Waals surface area contributed by atoms with Gasteiger partial charge in [-0.25, -0.2) is 4.79 Å². The number of aromatic carboxylic acids is 1.